The van der Waals surface area contributed by atoms with E-state index in [0.29, 0.717) is 5.41 Å². The summed E-state index contributed by atoms with van der Waals surface area (Å²) in [6, 6.07) is 6.90. The van der Waals surface area contributed by atoms with E-state index >= 15 is 0 Å². The molecule has 0 bridgehead atoms. The lowest BCUT2D eigenvalue weighted by Crippen LogP contribution is -2.23. The second-order valence-electron chi connectivity index (χ2n) is 5.66. The fourth-order valence-corrected chi connectivity index (χ4v) is 2.76. The van der Waals surface area contributed by atoms with Gasteiger partial charge in [0.15, 0.2) is 0 Å². The molecule has 92 valence electrons. The zero-order valence-electron chi connectivity index (χ0n) is 10.7. The zero-order valence-corrected chi connectivity index (χ0v) is 10.7. The summed E-state index contributed by atoms with van der Waals surface area (Å²) in [5.74, 6) is 0. The molecule has 17 heavy (non-hydrogen) atoms. The molecule has 0 spiro atoms. The number of fused-ring (bicyclic) bond motifs is 1. The third-order valence-corrected chi connectivity index (χ3v) is 4.44. The predicted octanol–water partition coefficient (Wildman–Crippen LogP) is 2.57. The Bertz CT molecular complexity index is 407. The third kappa shape index (κ3) is 2.38. The molecular formula is C15H22N2. The maximum absolute atomic E-state index is 3.63. The first-order valence-corrected chi connectivity index (χ1v) is 6.83. The lowest BCUT2D eigenvalue weighted by Gasteiger charge is -2.13. The summed E-state index contributed by atoms with van der Waals surface area (Å²) < 4.78 is 0. The van der Waals surface area contributed by atoms with E-state index in [2.05, 4.69) is 35.8 Å². The van der Waals surface area contributed by atoms with Crippen LogP contribution in [0.2, 0.25) is 0 Å². The van der Waals surface area contributed by atoms with Crippen LogP contribution in [0.25, 0.3) is 0 Å². The van der Waals surface area contributed by atoms with Crippen LogP contribution in [-0.4, -0.2) is 6.54 Å². The van der Waals surface area contributed by atoms with Gasteiger partial charge in [-0.3, -0.25) is 0 Å². The van der Waals surface area contributed by atoms with Crippen LogP contribution in [0.3, 0.4) is 0 Å². The Morgan fingerprint density at radius 1 is 1.24 bits per heavy atom. The van der Waals surface area contributed by atoms with Crippen molar-refractivity contribution < 1.29 is 0 Å². The molecule has 1 aromatic carbocycles. The molecule has 1 aliphatic carbocycles. The van der Waals surface area contributed by atoms with Crippen molar-refractivity contribution in [2.45, 2.75) is 45.8 Å². The molecule has 2 aliphatic rings. The molecule has 0 aromatic heterocycles. The summed E-state index contributed by atoms with van der Waals surface area (Å²) in [6.45, 7) is 6.62. The first-order valence-electron chi connectivity index (χ1n) is 6.83. The van der Waals surface area contributed by atoms with Gasteiger partial charge >= 0.3 is 0 Å². The first kappa shape index (κ1) is 11.2. The van der Waals surface area contributed by atoms with Crippen LogP contribution in [-0.2, 0) is 19.6 Å². The monoisotopic (exact) mass is 230 g/mol. The summed E-state index contributed by atoms with van der Waals surface area (Å²) in [6.07, 6.45) is 4.17. The summed E-state index contributed by atoms with van der Waals surface area (Å²) in [5.41, 5.74) is 5.04. The van der Waals surface area contributed by atoms with Gasteiger partial charge in [0.2, 0.25) is 0 Å². The van der Waals surface area contributed by atoms with Crippen molar-refractivity contribution in [2.24, 2.45) is 5.41 Å². The average molecular weight is 230 g/mol. The van der Waals surface area contributed by atoms with Gasteiger partial charge in [0.1, 0.15) is 0 Å². The number of hydrogen-bond donors (Lipinski definition) is 2. The highest BCUT2D eigenvalue weighted by Gasteiger charge is 2.39. The highest BCUT2D eigenvalue weighted by atomic mass is 14.9. The summed E-state index contributed by atoms with van der Waals surface area (Å²) in [5, 5.41) is 7.02. The van der Waals surface area contributed by atoms with Gasteiger partial charge in [-0.2, -0.15) is 0 Å². The Balaban J connectivity index is 1.55. The standard InChI is InChI=1S/C15H22N2/c1-2-15(5-6-15)11-17-8-12-3-4-13-9-16-10-14(13)7-12/h3-4,7,16-17H,2,5-6,8-11H2,1H3. The van der Waals surface area contributed by atoms with Gasteiger partial charge in [0, 0.05) is 26.2 Å². The van der Waals surface area contributed by atoms with Crippen LogP contribution in [0.1, 0.15) is 42.9 Å². The van der Waals surface area contributed by atoms with Crippen molar-refractivity contribution >= 4 is 0 Å². The van der Waals surface area contributed by atoms with Crippen molar-refractivity contribution in [1.82, 2.24) is 10.6 Å². The molecule has 2 heteroatoms. The van der Waals surface area contributed by atoms with E-state index < -0.39 is 0 Å². The van der Waals surface area contributed by atoms with Crippen molar-refractivity contribution in [3.05, 3.63) is 34.9 Å². The van der Waals surface area contributed by atoms with Gasteiger partial charge in [-0.15, -0.1) is 0 Å². The van der Waals surface area contributed by atoms with Crippen molar-refractivity contribution in [1.29, 1.82) is 0 Å². The minimum atomic E-state index is 0.651. The van der Waals surface area contributed by atoms with E-state index in [9.17, 15) is 0 Å². The zero-order chi connectivity index (χ0) is 11.7. The number of rotatable bonds is 5. The first-order chi connectivity index (χ1) is 8.31. The van der Waals surface area contributed by atoms with Gasteiger partial charge in [-0.05, 0) is 41.4 Å². The van der Waals surface area contributed by atoms with E-state index in [1.54, 1.807) is 0 Å². The molecule has 0 amide bonds. The molecule has 2 nitrogen and oxygen atoms in total. The van der Waals surface area contributed by atoms with Crippen LogP contribution in [0.4, 0.5) is 0 Å². The minimum Gasteiger partial charge on any atom is -0.312 e. The fraction of sp³-hybridized carbons (Fsp3) is 0.600. The number of benzene rings is 1. The third-order valence-electron chi connectivity index (χ3n) is 4.44. The maximum Gasteiger partial charge on any atom is 0.0212 e. The Labute approximate surface area is 104 Å². The molecule has 1 aromatic rings. The van der Waals surface area contributed by atoms with E-state index in [1.165, 1.54) is 42.5 Å². The van der Waals surface area contributed by atoms with Crippen molar-refractivity contribution in [3.8, 4) is 0 Å². The van der Waals surface area contributed by atoms with Crippen LogP contribution < -0.4 is 10.6 Å². The second kappa shape index (κ2) is 4.43. The van der Waals surface area contributed by atoms with Gasteiger partial charge < -0.3 is 10.6 Å². The van der Waals surface area contributed by atoms with Crippen LogP contribution in [0.5, 0.6) is 0 Å². The van der Waals surface area contributed by atoms with Gasteiger partial charge in [-0.1, -0.05) is 25.1 Å². The molecule has 0 radical (unpaired) electrons. The van der Waals surface area contributed by atoms with Gasteiger partial charge in [-0.25, -0.2) is 0 Å². The quantitative estimate of drug-likeness (QED) is 0.812. The second-order valence-corrected chi connectivity index (χ2v) is 5.66. The lowest BCUT2D eigenvalue weighted by atomic mass is 10.0. The lowest BCUT2D eigenvalue weighted by molar-refractivity contribution is 0.443. The predicted molar refractivity (Wildman–Crippen MR) is 70.7 cm³/mol. The maximum atomic E-state index is 3.63. The summed E-state index contributed by atoms with van der Waals surface area (Å²) >= 11 is 0. The van der Waals surface area contributed by atoms with E-state index in [4.69, 9.17) is 0 Å². The smallest absolute Gasteiger partial charge is 0.0212 e. The normalized spacial score (nSPS) is 20.3. The van der Waals surface area contributed by atoms with E-state index in [1.807, 2.05) is 0 Å². The van der Waals surface area contributed by atoms with E-state index in [0.717, 1.165) is 19.6 Å². The van der Waals surface area contributed by atoms with Gasteiger partial charge in [0.05, 0.1) is 0 Å². The Hall–Kier alpha value is -0.860. The molecule has 2 N–H and O–H groups in total. The Morgan fingerprint density at radius 3 is 2.82 bits per heavy atom. The fourth-order valence-electron chi connectivity index (χ4n) is 2.76. The topological polar surface area (TPSA) is 24.1 Å². The Kier molecular flexibility index (Phi) is 2.93. The highest BCUT2D eigenvalue weighted by molar-refractivity contribution is 5.34. The van der Waals surface area contributed by atoms with Crippen LogP contribution in [0, 0.1) is 5.41 Å². The average Bonchev–Trinajstić information content (AvgIpc) is 2.98. The molecule has 0 saturated heterocycles. The van der Waals surface area contributed by atoms with Crippen molar-refractivity contribution in [3.63, 3.8) is 0 Å². The molecular weight excluding hydrogens is 208 g/mol. The number of hydrogen-bond acceptors (Lipinski definition) is 2. The molecule has 1 heterocycles. The Morgan fingerprint density at radius 2 is 2.06 bits per heavy atom. The van der Waals surface area contributed by atoms with Crippen molar-refractivity contribution in [2.75, 3.05) is 6.54 Å². The van der Waals surface area contributed by atoms with Crippen LogP contribution in [0.15, 0.2) is 18.2 Å². The summed E-state index contributed by atoms with van der Waals surface area (Å²) in [4.78, 5) is 0. The highest BCUT2D eigenvalue weighted by Crippen LogP contribution is 2.47. The molecule has 1 fully saturated rings. The molecule has 1 saturated carbocycles. The van der Waals surface area contributed by atoms with Crippen LogP contribution >= 0.6 is 0 Å². The molecule has 3 rings (SSSR count). The molecule has 0 atom stereocenters. The largest absolute Gasteiger partial charge is 0.312 e. The van der Waals surface area contributed by atoms with E-state index in [-0.39, 0.29) is 0 Å². The minimum absolute atomic E-state index is 0.651. The molecule has 1 aliphatic heterocycles. The molecule has 0 unspecified atom stereocenters. The van der Waals surface area contributed by atoms with Gasteiger partial charge in [0.25, 0.3) is 0 Å². The SMILES string of the molecule is CCC1(CNCc2ccc3c(c2)CNC3)CC1. The summed E-state index contributed by atoms with van der Waals surface area (Å²) in [7, 11) is 0. The number of nitrogens with one attached hydrogen (secondary N) is 2.